The van der Waals surface area contributed by atoms with Crippen LogP contribution in [0.5, 0.6) is 0 Å². The van der Waals surface area contributed by atoms with Crippen LogP contribution in [0.25, 0.3) is 11.4 Å². The van der Waals surface area contributed by atoms with Crippen molar-refractivity contribution in [2.24, 2.45) is 5.92 Å². The number of allylic oxidation sites excluding steroid dienone is 2. The molecule has 2 atom stereocenters. The summed E-state index contributed by atoms with van der Waals surface area (Å²) in [6.07, 6.45) is 12.6. The molecule has 2 aromatic heterocycles. The van der Waals surface area contributed by atoms with E-state index in [1.807, 2.05) is 12.1 Å². The number of carbonyl (C=O) groups is 1. The van der Waals surface area contributed by atoms with Gasteiger partial charge in [0.25, 0.3) is 0 Å². The molecule has 160 valence electrons. The highest BCUT2D eigenvalue weighted by atomic mass is 32.2. The number of aromatic nitrogens is 4. The van der Waals surface area contributed by atoms with E-state index in [9.17, 15) is 4.79 Å². The van der Waals surface area contributed by atoms with Crippen LogP contribution < -0.4 is 5.32 Å². The maximum absolute atomic E-state index is 13.0. The SMILES string of the molecule is CCCC(Sc1nnc(-c2cccnc2)n1CC)C(=O)NC1C=CC(C(C)C)=CC1. The van der Waals surface area contributed by atoms with Crippen molar-refractivity contribution in [1.29, 1.82) is 0 Å². The molecular weight excluding hydrogens is 394 g/mol. The van der Waals surface area contributed by atoms with Crippen LogP contribution in [-0.2, 0) is 11.3 Å². The fourth-order valence-corrected chi connectivity index (χ4v) is 4.66. The van der Waals surface area contributed by atoms with Crippen molar-refractivity contribution < 1.29 is 4.79 Å². The van der Waals surface area contributed by atoms with Gasteiger partial charge in [0.1, 0.15) is 0 Å². The minimum absolute atomic E-state index is 0.0509. The van der Waals surface area contributed by atoms with Crippen LogP contribution in [0, 0.1) is 5.92 Å². The predicted molar refractivity (Wildman–Crippen MR) is 122 cm³/mol. The lowest BCUT2D eigenvalue weighted by Crippen LogP contribution is -2.39. The quantitative estimate of drug-likeness (QED) is 0.592. The molecule has 7 heteroatoms. The van der Waals surface area contributed by atoms with Gasteiger partial charge in [-0.1, -0.05) is 57.2 Å². The zero-order chi connectivity index (χ0) is 21.5. The first-order valence-corrected chi connectivity index (χ1v) is 11.6. The zero-order valence-electron chi connectivity index (χ0n) is 18.2. The molecule has 0 spiro atoms. The van der Waals surface area contributed by atoms with Crippen LogP contribution in [-0.4, -0.2) is 36.9 Å². The van der Waals surface area contributed by atoms with E-state index in [-0.39, 0.29) is 17.2 Å². The third-order valence-corrected chi connectivity index (χ3v) is 6.41. The Labute approximate surface area is 183 Å². The molecule has 0 saturated heterocycles. The lowest BCUT2D eigenvalue weighted by Gasteiger charge is -2.22. The molecule has 0 fully saturated rings. The van der Waals surface area contributed by atoms with Gasteiger partial charge in [-0.2, -0.15) is 0 Å². The van der Waals surface area contributed by atoms with Gasteiger partial charge in [-0.05, 0) is 43.4 Å². The summed E-state index contributed by atoms with van der Waals surface area (Å²) in [5.74, 6) is 1.35. The molecule has 2 heterocycles. The third-order valence-electron chi connectivity index (χ3n) is 5.17. The van der Waals surface area contributed by atoms with Crippen LogP contribution >= 0.6 is 11.8 Å². The van der Waals surface area contributed by atoms with E-state index in [4.69, 9.17) is 0 Å². The summed E-state index contributed by atoms with van der Waals surface area (Å²) in [4.78, 5) is 17.2. The zero-order valence-corrected chi connectivity index (χ0v) is 19.0. The largest absolute Gasteiger partial charge is 0.349 e. The molecule has 6 nitrogen and oxygen atoms in total. The van der Waals surface area contributed by atoms with E-state index in [2.05, 4.69) is 71.0 Å². The lowest BCUT2D eigenvalue weighted by molar-refractivity contribution is -0.121. The average molecular weight is 426 g/mol. The van der Waals surface area contributed by atoms with Crippen LogP contribution in [0.3, 0.4) is 0 Å². The first-order chi connectivity index (χ1) is 14.5. The smallest absolute Gasteiger partial charge is 0.234 e. The Balaban J connectivity index is 1.71. The molecule has 30 heavy (non-hydrogen) atoms. The second-order valence-corrected chi connectivity index (χ2v) is 8.93. The van der Waals surface area contributed by atoms with E-state index in [0.29, 0.717) is 5.92 Å². The van der Waals surface area contributed by atoms with Gasteiger partial charge in [-0.15, -0.1) is 10.2 Å². The van der Waals surface area contributed by atoms with E-state index in [1.165, 1.54) is 17.3 Å². The topological polar surface area (TPSA) is 72.7 Å². The Hall–Kier alpha value is -2.41. The molecule has 0 saturated carbocycles. The molecule has 1 aliphatic rings. The van der Waals surface area contributed by atoms with E-state index in [1.54, 1.807) is 12.4 Å². The summed E-state index contributed by atoms with van der Waals surface area (Å²) in [5.41, 5.74) is 2.26. The van der Waals surface area contributed by atoms with E-state index < -0.39 is 0 Å². The second kappa shape index (κ2) is 10.6. The van der Waals surface area contributed by atoms with Crippen LogP contribution in [0.2, 0.25) is 0 Å². The fourth-order valence-electron chi connectivity index (χ4n) is 3.45. The van der Waals surface area contributed by atoms with Crippen LogP contribution in [0.15, 0.2) is 53.5 Å². The van der Waals surface area contributed by atoms with Crippen molar-refractivity contribution in [2.75, 3.05) is 0 Å². The van der Waals surface area contributed by atoms with Gasteiger partial charge in [0.15, 0.2) is 11.0 Å². The first kappa shape index (κ1) is 22.3. The van der Waals surface area contributed by atoms with Gasteiger partial charge in [0, 0.05) is 24.5 Å². The first-order valence-electron chi connectivity index (χ1n) is 10.7. The van der Waals surface area contributed by atoms with Crippen molar-refractivity contribution in [2.45, 2.75) is 70.0 Å². The van der Waals surface area contributed by atoms with Gasteiger partial charge < -0.3 is 9.88 Å². The molecule has 3 rings (SSSR count). The van der Waals surface area contributed by atoms with Crippen molar-refractivity contribution in [1.82, 2.24) is 25.1 Å². The molecule has 1 N–H and O–H groups in total. The highest BCUT2D eigenvalue weighted by Gasteiger charge is 2.25. The van der Waals surface area contributed by atoms with Gasteiger partial charge in [0.05, 0.1) is 11.3 Å². The Kier molecular flexibility index (Phi) is 7.85. The number of thioether (sulfide) groups is 1. The monoisotopic (exact) mass is 425 g/mol. The Morgan fingerprint density at radius 1 is 1.33 bits per heavy atom. The molecule has 1 aliphatic carbocycles. The highest BCUT2D eigenvalue weighted by molar-refractivity contribution is 8.00. The van der Waals surface area contributed by atoms with Crippen molar-refractivity contribution >= 4 is 17.7 Å². The molecule has 0 aromatic carbocycles. The number of nitrogens with zero attached hydrogens (tertiary/aromatic N) is 4. The van der Waals surface area contributed by atoms with E-state index in [0.717, 1.165) is 42.4 Å². The highest BCUT2D eigenvalue weighted by Crippen LogP contribution is 2.29. The van der Waals surface area contributed by atoms with Crippen molar-refractivity contribution in [3.8, 4) is 11.4 Å². The molecule has 0 aliphatic heterocycles. The summed E-state index contributed by atoms with van der Waals surface area (Å²) >= 11 is 1.50. The Morgan fingerprint density at radius 2 is 2.17 bits per heavy atom. The molecule has 2 aromatic rings. The maximum atomic E-state index is 13.0. The molecule has 0 bridgehead atoms. The van der Waals surface area contributed by atoms with Gasteiger partial charge >= 0.3 is 0 Å². The third kappa shape index (κ3) is 5.39. The van der Waals surface area contributed by atoms with Crippen molar-refractivity contribution in [3.05, 3.63) is 48.3 Å². The summed E-state index contributed by atoms with van der Waals surface area (Å²) in [6.45, 7) is 9.27. The van der Waals surface area contributed by atoms with Gasteiger partial charge in [0.2, 0.25) is 5.91 Å². The standard InChI is InChI=1S/C23H31N5OS/c1-5-8-20(22(29)25-19-12-10-17(11-13-19)16(3)4)30-23-27-26-21(28(23)6-2)18-9-7-14-24-15-18/h7,9-12,14-16,19-20H,5-6,8,13H2,1-4H3,(H,25,29). The number of nitrogens with one attached hydrogen (secondary N) is 1. The molecular formula is C23H31N5OS. The molecule has 1 amide bonds. The number of amides is 1. The Morgan fingerprint density at radius 3 is 2.77 bits per heavy atom. The summed E-state index contributed by atoms with van der Waals surface area (Å²) in [5, 5.41) is 12.5. The van der Waals surface area contributed by atoms with Crippen LogP contribution in [0.4, 0.5) is 0 Å². The number of pyridine rings is 1. The van der Waals surface area contributed by atoms with Gasteiger partial charge in [-0.25, -0.2) is 0 Å². The van der Waals surface area contributed by atoms with Gasteiger partial charge in [-0.3, -0.25) is 9.78 Å². The minimum atomic E-state index is -0.199. The molecule has 0 radical (unpaired) electrons. The number of rotatable bonds is 9. The van der Waals surface area contributed by atoms with E-state index >= 15 is 0 Å². The predicted octanol–water partition coefficient (Wildman–Crippen LogP) is 4.65. The second-order valence-electron chi connectivity index (χ2n) is 7.76. The maximum Gasteiger partial charge on any atom is 0.234 e. The number of carbonyl (C=O) groups excluding carboxylic acids is 1. The number of hydrogen-bond acceptors (Lipinski definition) is 5. The normalized spacial score (nSPS) is 17.1. The summed E-state index contributed by atoms with van der Waals surface area (Å²) < 4.78 is 2.05. The van der Waals surface area contributed by atoms with Crippen molar-refractivity contribution in [3.63, 3.8) is 0 Å². The summed E-state index contributed by atoms with van der Waals surface area (Å²) in [7, 11) is 0. The molecule has 2 unspecified atom stereocenters. The van der Waals surface area contributed by atoms with Crippen LogP contribution in [0.1, 0.15) is 47.0 Å². The minimum Gasteiger partial charge on any atom is -0.349 e. The lowest BCUT2D eigenvalue weighted by atomic mass is 9.95. The number of hydrogen-bond donors (Lipinski definition) is 1. The average Bonchev–Trinajstić information content (AvgIpc) is 3.17. The Bertz CT molecular complexity index is 904. The fraction of sp³-hybridized carbons (Fsp3) is 0.478. The summed E-state index contributed by atoms with van der Waals surface area (Å²) in [6, 6.07) is 3.92.